The van der Waals surface area contributed by atoms with Crippen LogP contribution in [0.3, 0.4) is 0 Å². The molecular formula is C20H20N4O6. The van der Waals surface area contributed by atoms with Gasteiger partial charge in [-0.25, -0.2) is 0 Å². The number of benzene rings is 2. The minimum absolute atomic E-state index is 0.00862. The minimum Gasteiger partial charge on any atom is -0.349 e. The third kappa shape index (κ3) is 4.77. The molecule has 10 heteroatoms. The van der Waals surface area contributed by atoms with Gasteiger partial charge in [-0.1, -0.05) is 24.3 Å². The van der Waals surface area contributed by atoms with Crippen LogP contribution in [0.4, 0.5) is 11.4 Å². The van der Waals surface area contributed by atoms with Crippen LogP contribution < -0.4 is 10.6 Å². The highest BCUT2D eigenvalue weighted by Crippen LogP contribution is 2.23. The normalized spacial score (nSPS) is 18.3. The summed E-state index contributed by atoms with van der Waals surface area (Å²) in [7, 11) is 0. The van der Waals surface area contributed by atoms with Crippen molar-refractivity contribution in [1.82, 2.24) is 10.6 Å². The summed E-state index contributed by atoms with van der Waals surface area (Å²) in [6, 6.07) is 11.2. The van der Waals surface area contributed by atoms with Crippen molar-refractivity contribution in [3.63, 3.8) is 0 Å². The Bertz CT molecular complexity index is 905. The number of hydrogen-bond acceptors (Lipinski definition) is 6. The van der Waals surface area contributed by atoms with E-state index in [4.69, 9.17) is 0 Å². The largest absolute Gasteiger partial charge is 0.349 e. The Morgan fingerprint density at radius 2 is 1.03 bits per heavy atom. The average molecular weight is 412 g/mol. The molecule has 1 aliphatic rings. The summed E-state index contributed by atoms with van der Waals surface area (Å²) in [4.78, 5) is 45.9. The predicted octanol–water partition coefficient (Wildman–Crippen LogP) is 2.97. The Hall–Kier alpha value is -3.82. The van der Waals surface area contributed by atoms with Gasteiger partial charge in [-0.05, 0) is 37.8 Å². The maximum absolute atomic E-state index is 12.4. The zero-order chi connectivity index (χ0) is 21.7. The zero-order valence-electron chi connectivity index (χ0n) is 15.9. The monoisotopic (exact) mass is 412 g/mol. The van der Waals surface area contributed by atoms with E-state index in [9.17, 15) is 29.8 Å². The van der Waals surface area contributed by atoms with Crippen molar-refractivity contribution in [3.05, 3.63) is 79.9 Å². The standard InChI is InChI=1S/C20H20N4O6/c25-19(15-5-1-3-7-17(15)23(27)28)21-13-9-11-14(12-10-13)22-20(26)16-6-2-4-8-18(16)24(29)30/h1-8,13-14H,9-12H2,(H,21,25)(H,22,26). The van der Waals surface area contributed by atoms with Gasteiger partial charge in [0.15, 0.2) is 0 Å². The van der Waals surface area contributed by atoms with Crippen LogP contribution in [-0.2, 0) is 0 Å². The highest BCUT2D eigenvalue weighted by atomic mass is 16.6. The maximum atomic E-state index is 12.4. The van der Waals surface area contributed by atoms with Crippen molar-refractivity contribution < 1.29 is 19.4 Å². The number of carbonyl (C=O) groups excluding carboxylic acids is 2. The Morgan fingerprint density at radius 3 is 1.37 bits per heavy atom. The Morgan fingerprint density at radius 1 is 0.700 bits per heavy atom. The zero-order valence-corrected chi connectivity index (χ0v) is 15.9. The number of nitro groups is 2. The molecule has 0 unspecified atom stereocenters. The third-order valence-electron chi connectivity index (χ3n) is 5.09. The molecule has 1 fully saturated rings. The van der Waals surface area contributed by atoms with Crippen LogP contribution in [0.25, 0.3) is 0 Å². The summed E-state index contributed by atoms with van der Waals surface area (Å²) in [5.41, 5.74) is -0.482. The van der Waals surface area contributed by atoms with Crippen LogP contribution in [0, 0.1) is 20.2 Å². The van der Waals surface area contributed by atoms with E-state index in [2.05, 4.69) is 10.6 Å². The molecule has 1 aliphatic carbocycles. The summed E-state index contributed by atoms with van der Waals surface area (Å²) in [6.07, 6.45) is 2.31. The lowest BCUT2D eigenvalue weighted by molar-refractivity contribution is -0.385. The molecule has 10 nitrogen and oxygen atoms in total. The molecule has 2 aromatic carbocycles. The van der Waals surface area contributed by atoms with Gasteiger partial charge in [-0.15, -0.1) is 0 Å². The average Bonchev–Trinajstić information content (AvgIpc) is 2.75. The lowest BCUT2D eigenvalue weighted by atomic mass is 9.90. The smallest absolute Gasteiger partial charge is 0.282 e. The van der Waals surface area contributed by atoms with E-state index < -0.39 is 21.7 Å². The first-order valence-corrected chi connectivity index (χ1v) is 9.45. The second-order valence-electron chi connectivity index (χ2n) is 7.04. The highest BCUT2D eigenvalue weighted by Gasteiger charge is 2.28. The van der Waals surface area contributed by atoms with Crippen molar-refractivity contribution in [3.8, 4) is 0 Å². The van der Waals surface area contributed by atoms with E-state index in [1.54, 1.807) is 12.1 Å². The Labute approximate surface area is 171 Å². The van der Waals surface area contributed by atoms with Gasteiger partial charge in [0.05, 0.1) is 9.85 Å². The Kier molecular flexibility index (Phi) is 6.35. The van der Waals surface area contributed by atoms with E-state index >= 15 is 0 Å². The van der Waals surface area contributed by atoms with E-state index in [0.29, 0.717) is 25.7 Å². The van der Waals surface area contributed by atoms with Crippen LogP contribution in [0.2, 0.25) is 0 Å². The van der Waals surface area contributed by atoms with Gasteiger partial charge in [0.2, 0.25) is 0 Å². The quantitative estimate of drug-likeness (QED) is 0.551. The fourth-order valence-electron chi connectivity index (χ4n) is 3.56. The van der Waals surface area contributed by atoms with Crippen LogP contribution in [0.1, 0.15) is 46.4 Å². The topological polar surface area (TPSA) is 144 Å². The van der Waals surface area contributed by atoms with Crippen molar-refractivity contribution in [2.45, 2.75) is 37.8 Å². The second-order valence-corrected chi connectivity index (χ2v) is 7.04. The van der Waals surface area contributed by atoms with Crippen molar-refractivity contribution in [2.24, 2.45) is 0 Å². The molecule has 3 rings (SSSR count). The summed E-state index contributed by atoms with van der Waals surface area (Å²) in [6.45, 7) is 0. The van der Waals surface area contributed by atoms with E-state index in [1.165, 1.54) is 36.4 Å². The first-order valence-electron chi connectivity index (χ1n) is 9.45. The lowest BCUT2D eigenvalue weighted by Crippen LogP contribution is -2.44. The van der Waals surface area contributed by atoms with Gasteiger partial charge in [0, 0.05) is 24.2 Å². The molecule has 30 heavy (non-hydrogen) atoms. The van der Waals surface area contributed by atoms with Crippen LogP contribution >= 0.6 is 0 Å². The third-order valence-corrected chi connectivity index (χ3v) is 5.09. The van der Waals surface area contributed by atoms with Crippen LogP contribution in [0.5, 0.6) is 0 Å². The molecule has 2 N–H and O–H groups in total. The summed E-state index contributed by atoms with van der Waals surface area (Å²) in [5.74, 6) is -1.01. The first-order chi connectivity index (χ1) is 14.4. The maximum Gasteiger partial charge on any atom is 0.282 e. The van der Waals surface area contributed by atoms with Gasteiger partial charge in [-0.3, -0.25) is 29.8 Å². The molecule has 156 valence electrons. The van der Waals surface area contributed by atoms with E-state index in [-0.39, 0.29) is 34.6 Å². The molecule has 0 bridgehead atoms. The molecule has 2 amide bonds. The summed E-state index contributed by atoms with van der Waals surface area (Å²) < 4.78 is 0. The number of carbonyl (C=O) groups is 2. The van der Waals surface area contributed by atoms with Crippen LogP contribution in [0.15, 0.2) is 48.5 Å². The minimum atomic E-state index is -0.593. The number of nitrogens with zero attached hydrogens (tertiary/aromatic N) is 2. The molecule has 0 heterocycles. The fourth-order valence-corrected chi connectivity index (χ4v) is 3.56. The summed E-state index contributed by atoms with van der Waals surface area (Å²) in [5, 5.41) is 27.8. The van der Waals surface area contributed by atoms with Gasteiger partial charge in [-0.2, -0.15) is 0 Å². The molecule has 0 aliphatic heterocycles. The predicted molar refractivity (Wildman–Crippen MR) is 107 cm³/mol. The van der Waals surface area contributed by atoms with Gasteiger partial charge in [0.1, 0.15) is 11.1 Å². The highest BCUT2D eigenvalue weighted by molar-refractivity contribution is 5.99. The first kappa shape index (κ1) is 20.9. The molecule has 0 atom stereocenters. The molecule has 2 aromatic rings. The van der Waals surface area contributed by atoms with Gasteiger partial charge >= 0.3 is 0 Å². The van der Waals surface area contributed by atoms with Crippen molar-refractivity contribution in [1.29, 1.82) is 0 Å². The SMILES string of the molecule is O=C(NC1CCC(NC(=O)c2ccccc2[N+](=O)[O-])CC1)c1ccccc1[N+](=O)[O-]. The molecule has 0 saturated heterocycles. The van der Waals surface area contributed by atoms with E-state index in [0.717, 1.165) is 0 Å². The number of para-hydroxylation sites is 2. The number of amides is 2. The fraction of sp³-hybridized carbons (Fsp3) is 0.300. The lowest BCUT2D eigenvalue weighted by Gasteiger charge is -2.29. The van der Waals surface area contributed by atoms with Crippen molar-refractivity contribution in [2.75, 3.05) is 0 Å². The molecule has 0 spiro atoms. The van der Waals surface area contributed by atoms with Gasteiger partial charge in [0.25, 0.3) is 23.2 Å². The second kappa shape index (κ2) is 9.12. The van der Waals surface area contributed by atoms with Crippen LogP contribution in [-0.4, -0.2) is 33.7 Å². The number of nitro benzene ring substituents is 2. The van der Waals surface area contributed by atoms with E-state index in [1.807, 2.05) is 0 Å². The van der Waals surface area contributed by atoms with Crippen molar-refractivity contribution >= 4 is 23.2 Å². The molecule has 1 saturated carbocycles. The number of nitrogens with one attached hydrogen (secondary N) is 2. The number of rotatable bonds is 6. The summed E-state index contributed by atoms with van der Waals surface area (Å²) >= 11 is 0. The number of hydrogen-bond donors (Lipinski definition) is 2. The molecule has 0 aromatic heterocycles. The Balaban J connectivity index is 1.56. The molecule has 0 radical (unpaired) electrons. The molecular weight excluding hydrogens is 392 g/mol. The van der Waals surface area contributed by atoms with Gasteiger partial charge < -0.3 is 10.6 Å².